The van der Waals surface area contributed by atoms with Gasteiger partial charge >= 0.3 is 0 Å². The smallest absolute Gasteiger partial charge is 0.238 e. The molecule has 2 aliphatic heterocycles. The number of nitrogens with one attached hydrogen (secondary N) is 1. The van der Waals surface area contributed by atoms with Gasteiger partial charge in [-0.15, -0.1) is 0 Å². The van der Waals surface area contributed by atoms with Gasteiger partial charge in [0, 0.05) is 6.54 Å². The van der Waals surface area contributed by atoms with Gasteiger partial charge in [-0.05, 0) is 30.5 Å². The van der Waals surface area contributed by atoms with Gasteiger partial charge in [-0.1, -0.05) is 6.42 Å². The molecule has 0 spiro atoms. The van der Waals surface area contributed by atoms with Gasteiger partial charge in [0.1, 0.15) is 6.17 Å². The topological polar surface area (TPSA) is 71.0 Å². The van der Waals surface area contributed by atoms with Crippen molar-refractivity contribution in [1.82, 2.24) is 10.2 Å². The fourth-order valence-electron chi connectivity index (χ4n) is 3.20. The monoisotopic (exact) mass is 292 g/mol. The fraction of sp³-hybridized carbons (Fsp3) is 0.533. The molecule has 0 aliphatic carbocycles. The maximum absolute atomic E-state index is 12.1. The van der Waals surface area contributed by atoms with E-state index in [0.717, 1.165) is 31.4 Å². The minimum Gasteiger partial charge on any atom is -0.502 e. The van der Waals surface area contributed by atoms with Gasteiger partial charge in [-0.2, -0.15) is 0 Å². The lowest BCUT2D eigenvalue weighted by Crippen LogP contribution is -2.38. The average molecular weight is 292 g/mol. The van der Waals surface area contributed by atoms with E-state index in [1.54, 1.807) is 12.1 Å². The minimum absolute atomic E-state index is 0.0248. The van der Waals surface area contributed by atoms with Crippen LogP contribution in [0, 0.1) is 0 Å². The van der Waals surface area contributed by atoms with Crippen molar-refractivity contribution in [3.63, 3.8) is 0 Å². The Morgan fingerprint density at radius 3 is 2.52 bits per heavy atom. The zero-order chi connectivity index (χ0) is 15.0. The Kier molecular flexibility index (Phi) is 3.63. The second-order valence-corrected chi connectivity index (χ2v) is 5.43. The van der Waals surface area contributed by atoms with E-state index in [-0.39, 0.29) is 23.9 Å². The quantitative estimate of drug-likeness (QED) is 0.881. The number of nitrogens with zero attached hydrogens (tertiary/aromatic N) is 1. The van der Waals surface area contributed by atoms with Gasteiger partial charge in [-0.3, -0.25) is 9.69 Å². The molecule has 2 unspecified atom stereocenters. The molecule has 6 heteroatoms. The zero-order valence-electron chi connectivity index (χ0n) is 12.3. The van der Waals surface area contributed by atoms with Gasteiger partial charge in [0.25, 0.3) is 0 Å². The number of rotatable bonds is 3. The number of phenolic OH excluding ortho intramolecular Hbond substituents is 1. The van der Waals surface area contributed by atoms with Crippen molar-refractivity contribution < 1.29 is 19.4 Å². The molecular formula is C15H20N2O4. The molecule has 1 amide bonds. The fourth-order valence-corrected chi connectivity index (χ4v) is 3.20. The van der Waals surface area contributed by atoms with Crippen LogP contribution in [0.3, 0.4) is 0 Å². The van der Waals surface area contributed by atoms with Crippen molar-refractivity contribution in [3.8, 4) is 17.2 Å². The van der Waals surface area contributed by atoms with Gasteiger partial charge in [0.2, 0.25) is 11.7 Å². The first-order valence-electron chi connectivity index (χ1n) is 7.16. The first-order valence-corrected chi connectivity index (χ1v) is 7.16. The molecular weight excluding hydrogens is 272 g/mol. The Bertz CT molecular complexity index is 536. The highest BCUT2D eigenvalue weighted by molar-refractivity contribution is 5.84. The van der Waals surface area contributed by atoms with Crippen LogP contribution in [0.15, 0.2) is 12.1 Å². The molecule has 1 aromatic carbocycles. The minimum atomic E-state index is -0.189. The van der Waals surface area contributed by atoms with Crippen molar-refractivity contribution in [2.24, 2.45) is 0 Å². The van der Waals surface area contributed by atoms with Crippen LogP contribution in [0.1, 0.15) is 31.0 Å². The summed E-state index contributed by atoms with van der Waals surface area (Å²) >= 11 is 0. The van der Waals surface area contributed by atoms with E-state index in [1.807, 2.05) is 0 Å². The number of piperidine rings is 1. The molecule has 21 heavy (non-hydrogen) atoms. The van der Waals surface area contributed by atoms with E-state index in [9.17, 15) is 9.90 Å². The van der Waals surface area contributed by atoms with Crippen molar-refractivity contribution in [2.75, 3.05) is 20.8 Å². The highest BCUT2D eigenvalue weighted by Gasteiger charge is 2.41. The van der Waals surface area contributed by atoms with Gasteiger partial charge in [0.05, 0.1) is 20.3 Å². The van der Waals surface area contributed by atoms with Crippen LogP contribution in [0.5, 0.6) is 17.2 Å². The van der Waals surface area contributed by atoms with E-state index in [2.05, 4.69) is 10.2 Å². The number of hydrogen-bond donors (Lipinski definition) is 2. The Labute approximate surface area is 123 Å². The third-order valence-electron chi connectivity index (χ3n) is 4.28. The number of hydrogen-bond acceptors (Lipinski definition) is 5. The van der Waals surface area contributed by atoms with Crippen LogP contribution >= 0.6 is 0 Å². The molecule has 0 bridgehead atoms. The number of aromatic hydroxyl groups is 1. The predicted molar refractivity (Wildman–Crippen MR) is 76.4 cm³/mol. The van der Waals surface area contributed by atoms with E-state index in [4.69, 9.17) is 9.47 Å². The number of phenols is 1. The number of methoxy groups -OCH3 is 2. The summed E-state index contributed by atoms with van der Waals surface area (Å²) in [4.78, 5) is 14.3. The van der Waals surface area contributed by atoms with E-state index in [1.165, 1.54) is 14.2 Å². The van der Waals surface area contributed by atoms with Crippen molar-refractivity contribution >= 4 is 5.91 Å². The van der Waals surface area contributed by atoms with Crippen molar-refractivity contribution in [1.29, 1.82) is 0 Å². The summed E-state index contributed by atoms with van der Waals surface area (Å²) in [6, 6.07) is 3.45. The largest absolute Gasteiger partial charge is 0.502 e. The number of benzene rings is 1. The third kappa shape index (κ3) is 2.29. The summed E-state index contributed by atoms with van der Waals surface area (Å²) in [6.07, 6.45) is 2.89. The van der Waals surface area contributed by atoms with Gasteiger partial charge < -0.3 is 19.9 Å². The molecule has 2 atom stereocenters. The third-order valence-corrected chi connectivity index (χ3v) is 4.28. The summed E-state index contributed by atoms with van der Waals surface area (Å²) in [5.74, 6) is 0.743. The lowest BCUT2D eigenvalue weighted by atomic mass is 10.0. The lowest BCUT2D eigenvalue weighted by molar-refractivity contribution is -0.122. The molecule has 3 rings (SSSR count). The summed E-state index contributed by atoms with van der Waals surface area (Å²) in [5.41, 5.74) is 0.860. The number of carbonyl (C=O) groups is 1. The standard InChI is InChI=1S/C15H20N2O4/c1-20-11-7-9(8-12(21-2)13(11)18)14-16-15(19)10-5-3-4-6-17(10)14/h7-8,10,14,18H,3-6H2,1-2H3,(H,16,19). The van der Waals surface area contributed by atoms with Crippen LogP contribution in [-0.2, 0) is 4.79 Å². The Morgan fingerprint density at radius 1 is 1.24 bits per heavy atom. The summed E-state index contributed by atoms with van der Waals surface area (Å²) in [6.45, 7) is 0.888. The summed E-state index contributed by atoms with van der Waals surface area (Å²) in [7, 11) is 2.99. The summed E-state index contributed by atoms with van der Waals surface area (Å²) in [5, 5.41) is 13.0. The van der Waals surface area contributed by atoms with E-state index < -0.39 is 0 Å². The van der Waals surface area contributed by atoms with Crippen LogP contribution in [0.25, 0.3) is 0 Å². The van der Waals surface area contributed by atoms with Gasteiger partial charge in [0.15, 0.2) is 11.5 Å². The Balaban J connectivity index is 1.98. The molecule has 0 radical (unpaired) electrons. The number of fused-ring (bicyclic) bond motifs is 1. The van der Waals surface area contributed by atoms with E-state index >= 15 is 0 Å². The molecule has 1 aromatic rings. The van der Waals surface area contributed by atoms with Crippen molar-refractivity contribution in [2.45, 2.75) is 31.5 Å². The van der Waals surface area contributed by atoms with Crippen LogP contribution in [0.4, 0.5) is 0 Å². The summed E-state index contributed by atoms with van der Waals surface area (Å²) < 4.78 is 10.4. The van der Waals surface area contributed by atoms with Crippen molar-refractivity contribution in [3.05, 3.63) is 17.7 Å². The number of ether oxygens (including phenoxy) is 2. The first kappa shape index (κ1) is 14.0. The number of carbonyl (C=O) groups excluding carboxylic acids is 1. The maximum atomic E-state index is 12.1. The maximum Gasteiger partial charge on any atom is 0.238 e. The molecule has 0 aromatic heterocycles. The molecule has 114 valence electrons. The van der Waals surface area contributed by atoms with E-state index in [0.29, 0.717) is 11.5 Å². The normalized spacial score (nSPS) is 25.3. The lowest BCUT2D eigenvalue weighted by Gasteiger charge is -2.31. The molecule has 0 saturated carbocycles. The van der Waals surface area contributed by atoms with Crippen LogP contribution in [0.2, 0.25) is 0 Å². The SMILES string of the molecule is COc1cc(C2NC(=O)C3CCCCN32)cc(OC)c1O. The second kappa shape index (κ2) is 5.44. The first-order chi connectivity index (χ1) is 10.2. The van der Waals surface area contributed by atoms with Crippen LogP contribution in [-0.4, -0.2) is 42.7 Å². The highest BCUT2D eigenvalue weighted by atomic mass is 16.5. The number of amides is 1. The Hall–Kier alpha value is -1.95. The zero-order valence-corrected chi connectivity index (χ0v) is 12.3. The second-order valence-electron chi connectivity index (χ2n) is 5.43. The molecule has 2 saturated heterocycles. The van der Waals surface area contributed by atoms with Gasteiger partial charge in [-0.25, -0.2) is 0 Å². The Morgan fingerprint density at radius 2 is 1.90 bits per heavy atom. The molecule has 2 aliphatic rings. The predicted octanol–water partition coefficient (Wildman–Crippen LogP) is 1.39. The van der Waals surface area contributed by atoms with Crippen LogP contribution < -0.4 is 14.8 Å². The highest BCUT2D eigenvalue weighted by Crippen LogP contribution is 2.41. The molecule has 2 fully saturated rings. The molecule has 2 heterocycles. The average Bonchev–Trinajstić information content (AvgIpc) is 2.85. The molecule has 2 N–H and O–H groups in total. The molecule has 6 nitrogen and oxygen atoms in total.